The summed E-state index contributed by atoms with van der Waals surface area (Å²) in [5, 5.41) is 5.88. The SMILES string of the molecule is CCS(=O)(=O)CC(=O)N[C@H]1CCCNC1. The van der Waals surface area contributed by atoms with Crippen LogP contribution in [-0.4, -0.2) is 45.0 Å². The van der Waals surface area contributed by atoms with Crippen LogP contribution in [0.2, 0.25) is 0 Å². The summed E-state index contributed by atoms with van der Waals surface area (Å²) in [6, 6.07) is 0.0818. The van der Waals surface area contributed by atoms with Gasteiger partial charge < -0.3 is 10.6 Å². The largest absolute Gasteiger partial charge is 0.351 e. The molecular weight excluding hydrogens is 216 g/mol. The Hall–Kier alpha value is -0.620. The first-order valence-electron chi connectivity index (χ1n) is 5.24. The van der Waals surface area contributed by atoms with Crippen molar-refractivity contribution in [2.24, 2.45) is 0 Å². The van der Waals surface area contributed by atoms with Crippen LogP contribution in [0.5, 0.6) is 0 Å². The van der Waals surface area contributed by atoms with Gasteiger partial charge in [0.25, 0.3) is 0 Å². The molecule has 0 bridgehead atoms. The highest BCUT2D eigenvalue weighted by Gasteiger charge is 2.19. The topological polar surface area (TPSA) is 75.3 Å². The number of carbonyl (C=O) groups excluding carboxylic acids is 1. The Morgan fingerprint density at radius 2 is 2.27 bits per heavy atom. The molecule has 1 rings (SSSR count). The average Bonchev–Trinajstić information content (AvgIpc) is 2.18. The minimum absolute atomic E-state index is 0.0172. The normalized spacial score (nSPS) is 22.3. The number of sulfone groups is 1. The van der Waals surface area contributed by atoms with E-state index in [0.717, 1.165) is 25.9 Å². The van der Waals surface area contributed by atoms with Crippen molar-refractivity contribution in [3.05, 3.63) is 0 Å². The molecule has 1 atom stereocenters. The van der Waals surface area contributed by atoms with Gasteiger partial charge in [0, 0.05) is 18.3 Å². The van der Waals surface area contributed by atoms with E-state index in [2.05, 4.69) is 10.6 Å². The highest BCUT2D eigenvalue weighted by atomic mass is 32.2. The van der Waals surface area contributed by atoms with E-state index in [1.807, 2.05) is 0 Å². The fraction of sp³-hybridized carbons (Fsp3) is 0.889. The lowest BCUT2D eigenvalue weighted by atomic mass is 10.1. The van der Waals surface area contributed by atoms with Gasteiger partial charge in [-0.25, -0.2) is 8.42 Å². The van der Waals surface area contributed by atoms with E-state index in [4.69, 9.17) is 0 Å². The summed E-state index contributed by atoms with van der Waals surface area (Å²) in [6.45, 7) is 3.25. The molecule has 1 amide bonds. The molecule has 0 spiro atoms. The lowest BCUT2D eigenvalue weighted by Gasteiger charge is -2.23. The van der Waals surface area contributed by atoms with E-state index in [-0.39, 0.29) is 23.5 Å². The lowest BCUT2D eigenvalue weighted by molar-refractivity contribution is -0.119. The molecule has 0 aromatic heterocycles. The van der Waals surface area contributed by atoms with Gasteiger partial charge >= 0.3 is 0 Å². The number of hydrogen-bond acceptors (Lipinski definition) is 4. The first-order chi connectivity index (χ1) is 7.03. The van der Waals surface area contributed by atoms with E-state index in [1.54, 1.807) is 6.92 Å². The van der Waals surface area contributed by atoms with Crippen LogP contribution in [0.1, 0.15) is 19.8 Å². The van der Waals surface area contributed by atoms with Crippen LogP contribution in [0.25, 0.3) is 0 Å². The van der Waals surface area contributed by atoms with Gasteiger partial charge in [0.05, 0.1) is 0 Å². The van der Waals surface area contributed by atoms with Gasteiger partial charge in [-0.3, -0.25) is 4.79 Å². The van der Waals surface area contributed by atoms with Crippen LogP contribution >= 0.6 is 0 Å². The molecule has 6 heteroatoms. The molecule has 1 heterocycles. The zero-order valence-electron chi connectivity index (χ0n) is 8.95. The van der Waals surface area contributed by atoms with Crippen LogP contribution in [0.15, 0.2) is 0 Å². The third-order valence-electron chi connectivity index (χ3n) is 2.45. The van der Waals surface area contributed by atoms with Gasteiger partial charge in [0.15, 0.2) is 9.84 Å². The third-order valence-corrected chi connectivity index (χ3v) is 4.03. The first-order valence-corrected chi connectivity index (χ1v) is 7.06. The average molecular weight is 234 g/mol. The van der Waals surface area contributed by atoms with Crippen molar-refractivity contribution < 1.29 is 13.2 Å². The molecule has 0 aromatic carbocycles. The number of hydrogen-bond donors (Lipinski definition) is 2. The smallest absolute Gasteiger partial charge is 0.235 e. The van der Waals surface area contributed by atoms with Gasteiger partial charge in [-0.1, -0.05) is 6.92 Å². The summed E-state index contributed by atoms with van der Waals surface area (Å²) in [5.74, 6) is -0.755. The summed E-state index contributed by atoms with van der Waals surface area (Å²) in [4.78, 5) is 11.4. The number of piperidine rings is 1. The van der Waals surface area contributed by atoms with Crippen molar-refractivity contribution in [3.63, 3.8) is 0 Å². The summed E-state index contributed by atoms with van der Waals surface area (Å²) in [6.07, 6.45) is 1.94. The summed E-state index contributed by atoms with van der Waals surface area (Å²) in [5.41, 5.74) is 0. The van der Waals surface area contributed by atoms with Crippen LogP contribution in [0, 0.1) is 0 Å². The molecule has 0 unspecified atom stereocenters. The molecule has 1 aliphatic rings. The van der Waals surface area contributed by atoms with E-state index >= 15 is 0 Å². The second-order valence-corrected chi connectivity index (χ2v) is 6.14. The van der Waals surface area contributed by atoms with Crippen molar-refractivity contribution >= 4 is 15.7 Å². The van der Waals surface area contributed by atoms with Gasteiger partial charge in [-0.2, -0.15) is 0 Å². The Labute approximate surface area is 90.5 Å². The van der Waals surface area contributed by atoms with Gasteiger partial charge in [-0.05, 0) is 19.4 Å². The highest BCUT2D eigenvalue weighted by molar-refractivity contribution is 7.92. The molecule has 1 aliphatic heterocycles. The maximum Gasteiger partial charge on any atom is 0.235 e. The van der Waals surface area contributed by atoms with Gasteiger partial charge in [-0.15, -0.1) is 0 Å². The first kappa shape index (κ1) is 12.4. The predicted molar refractivity (Wildman–Crippen MR) is 58.4 cm³/mol. The standard InChI is InChI=1S/C9H18N2O3S/c1-2-15(13,14)7-9(12)11-8-4-3-5-10-6-8/h8,10H,2-7H2,1H3,(H,11,12)/t8-/m0/s1. The van der Waals surface area contributed by atoms with E-state index in [9.17, 15) is 13.2 Å². The quantitative estimate of drug-likeness (QED) is 0.674. The van der Waals surface area contributed by atoms with Crippen LogP contribution in [-0.2, 0) is 14.6 Å². The second kappa shape index (κ2) is 5.46. The minimum atomic E-state index is -3.20. The summed E-state index contributed by atoms with van der Waals surface area (Å²) < 4.78 is 22.3. The molecule has 0 saturated carbocycles. The van der Waals surface area contributed by atoms with Crippen LogP contribution in [0.3, 0.4) is 0 Å². The lowest BCUT2D eigenvalue weighted by Crippen LogP contribution is -2.47. The minimum Gasteiger partial charge on any atom is -0.351 e. The number of nitrogens with one attached hydrogen (secondary N) is 2. The van der Waals surface area contributed by atoms with Crippen molar-refractivity contribution in [1.82, 2.24) is 10.6 Å². The van der Waals surface area contributed by atoms with Crippen molar-refractivity contribution in [2.45, 2.75) is 25.8 Å². The zero-order chi connectivity index (χ0) is 11.3. The Kier molecular flexibility index (Phi) is 4.53. The summed E-state index contributed by atoms with van der Waals surface area (Å²) >= 11 is 0. The van der Waals surface area contributed by atoms with Crippen LogP contribution < -0.4 is 10.6 Å². The molecule has 15 heavy (non-hydrogen) atoms. The van der Waals surface area contributed by atoms with E-state index < -0.39 is 9.84 Å². The number of amides is 1. The predicted octanol–water partition coefficient (Wildman–Crippen LogP) is -0.711. The molecule has 88 valence electrons. The maximum absolute atomic E-state index is 11.4. The van der Waals surface area contributed by atoms with Crippen molar-refractivity contribution in [3.8, 4) is 0 Å². The Morgan fingerprint density at radius 1 is 1.53 bits per heavy atom. The maximum atomic E-state index is 11.4. The van der Waals surface area contributed by atoms with Crippen molar-refractivity contribution in [1.29, 1.82) is 0 Å². The fourth-order valence-electron chi connectivity index (χ4n) is 1.55. The van der Waals surface area contributed by atoms with Gasteiger partial charge in [0.1, 0.15) is 5.75 Å². The molecule has 0 aromatic rings. The van der Waals surface area contributed by atoms with Crippen molar-refractivity contribution in [2.75, 3.05) is 24.6 Å². The summed E-state index contributed by atoms with van der Waals surface area (Å²) in [7, 11) is -3.20. The number of rotatable bonds is 4. The monoisotopic (exact) mass is 234 g/mol. The third kappa shape index (κ3) is 4.61. The van der Waals surface area contributed by atoms with Gasteiger partial charge in [0.2, 0.25) is 5.91 Å². The molecule has 0 radical (unpaired) electrons. The number of carbonyl (C=O) groups is 1. The zero-order valence-corrected chi connectivity index (χ0v) is 9.77. The second-order valence-electron chi connectivity index (χ2n) is 3.79. The highest BCUT2D eigenvalue weighted by Crippen LogP contribution is 2.01. The Morgan fingerprint density at radius 3 is 2.80 bits per heavy atom. The van der Waals surface area contributed by atoms with Crippen LogP contribution in [0.4, 0.5) is 0 Å². The Bertz CT molecular complexity index is 307. The van der Waals surface area contributed by atoms with E-state index in [0.29, 0.717) is 0 Å². The molecule has 5 nitrogen and oxygen atoms in total. The molecule has 0 aliphatic carbocycles. The molecular formula is C9H18N2O3S. The molecule has 1 fully saturated rings. The molecule has 2 N–H and O–H groups in total. The molecule has 1 saturated heterocycles. The van der Waals surface area contributed by atoms with E-state index in [1.165, 1.54) is 0 Å². The fourth-order valence-corrected chi connectivity index (χ4v) is 2.23. The Balaban J connectivity index is 2.35.